The lowest BCUT2D eigenvalue weighted by Crippen LogP contribution is -2.11. The van der Waals surface area contributed by atoms with Gasteiger partial charge in [-0.05, 0) is 19.4 Å². The monoisotopic (exact) mass is 167 g/mol. The van der Waals surface area contributed by atoms with E-state index in [0.717, 1.165) is 17.8 Å². The molecule has 0 bridgehead atoms. The van der Waals surface area contributed by atoms with Crippen molar-refractivity contribution in [3.05, 3.63) is 24.2 Å². The van der Waals surface area contributed by atoms with Gasteiger partial charge in [0.1, 0.15) is 5.82 Å². The summed E-state index contributed by atoms with van der Waals surface area (Å²) in [7, 11) is 1.82. The fourth-order valence-corrected chi connectivity index (χ4v) is 0.636. The number of nitrogens with one attached hydrogen (secondary N) is 1. The lowest BCUT2D eigenvalue weighted by molar-refractivity contribution is 0.938. The molecule has 0 fully saturated rings. The molecule has 0 heterocycles. The van der Waals surface area contributed by atoms with E-state index >= 15 is 0 Å². The number of nitrogens with two attached hydrogens (primary N) is 1. The zero-order valence-electron chi connectivity index (χ0n) is 8.02. The molecule has 0 spiro atoms. The minimum absolute atomic E-state index is 0.522. The third-order valence-electron chi connectivity index (χ3n) is 1.62. The molecule has 3 heteroatoms. The van der Waals surface area contributed by atoms with E-state index in [1.54, 1.807) is 6.08 Å². The molecule has 0 aliphatic carbocycles. The Morgan fingerprint density at radius 3 is 2.58 bits per heavy atom. The van der Waals surface area contributed by atoms with Crippen molar-refractivity contribution in [1.82, 2.24) is 5.32 Å². The first-order chi connectivity index (χ1) is 5.65. The summed E-state index contributed by atoms with van der Waals surface area (Å²) in [6.45, 7) is 7.54. The topological polar surface area (TPSA) is 50.4 Å². The number of aliphatic imine (C=N–C) groups is 1. The SMILES string of the molecule is C=C/C(CC)=N\C(N)=C(/C)NC. The van der Waals surface area contributed by atoms with Crippen molar-refractivity contribution in [2.75, 3.05) is 7.05 Å². The molecule has 0 radical (unpaired) electrons. The van der Waals surface area contributed by atoms with Crippen LogP contribution in [0.15, 0.2) is 29.2 Å². The molecule has 12 heavy (non-hydrogen) atoms. The van der Waals surface area contributed by atoms with E-state index in [9.17, 15) is 0 Å². The third kappa shape index (κ3) is 3.23. The van der Waals surface area contributed by atoms with E-state index in [2.05, 4.69) is 16.9 Å². The highest BCUT2D eigenvalue weighted by Crippen LogP contribution is 1.97. The van der Waals surface area contributed by atoms with E-state index in [1.807, 2.05) is 20.9 Å². The highest BCUT2D eigenvalue weighted by Gasteiger charge is 1.94. The van der Waals surface area contributed by atoms with Crippen LogP contribution in [0.2, 0.25) is 0 Å². The van der Waals surface area contributed by atoms with E-state index in [-0.39, 0.29) is 0 Å². The summed E-state index contributed by atoms with van der Waals surface area (Å²) in [6.07, 6.45) is 2.57. The van der Waals surface area contributed by atoms with Gasteiger partial charge in [-0.25, -0.2) is 4.99 Å². The molecule has 0 atom stereocenters. The second-order valence-corrected chi connectivity index (χ2v) is 2.42. The van der Waals surface area contributed by atoms with Crippen LogP contribution in [-0.4, -0.2) is 12.8 Å². The molecule has 3 N–H and O–H groups in total. The van der Waals surface area contributed by atoms with E-state index < -0.39 is 0 Å². The number of hydrogen-bond acceptors (Lipinski definition) is 3. The zero-order valence-corrected chi connectivity index (χ0v) is 8.02. The second kappa shape index (κ2) is 5.41. The maximum Gasteiger partial charge on any atom is 0.142 e. The first-order valence-electron chi connectivity index (χ1n) is 3.99. The Labute approximate surface area is 74.1 Å². The first kappa shape index (κ1) is 10.8. The highest BCUT2D eigenvalue weighted by atomic mass is 15.0. The second-order valence-electron chi connectivity index (χ2n) is 2.42. The lowest BCUT2D eigenvalue weighted by Gasteiger charge is -2.02. The average Bonchev–Trinajstić information content (AvgIpc) is 2.12. The molecule has 0 aromatic rings. The number of rotatable bonds is 4. The fourth-order valence-electron chi connectivity index (χ4n) is 0.636. The van der Waals surface area contributed by atoms with Crippen LogP contribution in [0.1, 0.15) is 20.3 Å². The van der Waals surface area contributed by atoms with E-state index in [4.69, 9.17) is 5.73 Å². The van der Waals surface area contributed by atoms with Gasteiger partial charge in [-0.3, -0.25) is 0 Å². The summed E-state index contributed by atoms with van der Waals surface area (Å²) in [5, 5.41) is 2.93. The molecular formula is C9H17N3. The normalized spacial score (nSPS) is 13.8. The third-order valence-corrected chi connectivity index (χ3v) is 1.62. The molecule has 0 aliphatic heterocycles. The minimum Gasteiger partial charge on any atom is -0.389 e. The summed E-state index contributed by atoms with van der Waals surface area (Å²) in [5.41, 5.74) is 7.44. The van der Waals surface area contributed by atoms with Crippen molar-refractivity contribution in [2.24, 2.45) is 10.7 Å². The average molecular weight is 167 g/mol. The Hall–Kier alpha value is -1.25. The van der Waals surface area contributed by atoms with Gasteiger partial charge >= 0.3 is 0 Å². The molecular weight excluding hydrogens is 150 g/mol. The largest absolute Gasteiger partial charge is 0.389 e. The predicted molar refractivity (Wildman–Crippen MR) is 53.9 cm³/mol. The maximum absolute atomic E-state index is 5.66. The highest BCUT2D eigenvalue weighted by molar-refractivity contribution is 5.94. The van der Waals surface area contributed by atoms with Gasteiger partial charge in [0.15, 0.2) is 0 Å². The first-order valence-corrected chi connectivity index (χ1v) is 3.99. The summed E-state index contributed by atoms with van der Waals surface area (Å²) < 4.78 is 0. The van der Waals surface area contributed by atoms with Crippen LogP contribution in [0.25, 0.3) is 0 Å². The van der Waals surface area contributed by atoms with Gasteiger partial charge in [0.25, 0.3) is 0 Å². The lowest BCUT2D eigenvalue weighted by atomic mass is 10.3. The van der Waals surface area contributed by atoms with Gasteiger partial charge in [0.2, 0.25) is 0 Å². The number of hydrogen-bond donors (Lipinski definition) is 2. The van der Waals surface area contributed by atoms with Crippen LogP contribution in [0, 0.1) is 0 Å². The summed E-state index contributed by atoms with van der Waals surface area (Å²) >= 11 is 0. The van der Waals surface area contributed by atoms with Crippen molar-refractivity contribution in [2.45, 2.75) is 20.3 Å². The summed E-state index contributed by atoms with van der Waals surface area (Å²) in [5.74, 6) is 0.522. The van der Waals surface area contributed by atoms with Gasteiger partial charge in [-0.15, -0.1) is 0 Å². The van der Waals surface area contributed by atoms with Gasteiger partial charge in [0, 0.05) is 12.8 Å². The fraction of sp³-hybridized carbons (Fsp3) is 0.444. The van der Waals surface area contributed by atoms with Crippen LogP contribution >= 0.6 is 0 Å². The van der Waals surface area contributed by atoms with Crippen LogP contribution < -0.4 is 11.1 Å². The van der Waals surface area contributed by atoms with Crippen LogP contribution in [0.5, 0.6) is 0 Å². The molecule has 0 saturated carbocycles. The molecule has 0 rings (SSSR count). The molecule has 3 nitrogen and oxygen atoms in total. The summed E-state index contributed by atoms with van der Waals surface area (Å²) in [6, 6.07) is 0. The Balaban J connectivity index is 4.60. The van der Waals surface area contributed by atoms with Crippen LogP contribution in [0.3, 0.4) is 0 Å². The molecule has 0 aromatic carbocycles. The Bertz CT molecular complexity index is 214. The Morgan fingerprint density at radius 2 is 2.25 bits per heavy atom. The van der Waals surface area contributed by atoms with Crippen molar-refractivity contribution >= 4 is 5.71 Å². The Morgan fingerprint density at radius 1 is 1.67 bits per heavy atom. The van der Waals surface area contributed by atoms with Gasteiger partial charge in [-0.2, -0.15) is 0 Å². The quantitative estimate of drug-likeness (QED) is 0.622. The van der Waals surface area contributed by atoms with Gasteiger partial charge < -0.3 is 11.1 Å². The molecule has 0 saturated heterocycles. The van der Waals surface area contributed by atoms with E-state index in [0.29, 0.717) is 5.82 Å². The molecule has 0 aromatic heterocycles. The molecule has 68 valence electrons. The van der Waals surface area contributed by atoms with Gasteiger partial charge in [-0.1, -0.05) is 13.5 Å². The molecule has 0 aliphatic rings. The standard InChI is InChI=1S/C9H17N3/c1-5-8(6-2)12-9(10)7(3)11-4/h5,11H,1,6,10H2,2-4H3/b9-7+,12-8+. The zero-order chi connectivity index (χ0) is 9.56. The van der Waals surface area contributed by atoms with Crippen molar-refractivity contribution in [1.29, 1.82) is 0 Å². The van der Waals surface area contributed by atoms with Crippen LogP contribution in [0.4, 0.5) is 0 Å². The maximum atomic E-state index is 5.66. The Kier molecular flexibility index (Phi) is 4.84. The minimum atomic E-state index is 0.522. The predicted octanol–water partition coefficient (Wildman–Crippen LogP) is 1.39. The van der Waals surface area contributed by atoms with Crippen molar-refractivity contribution < 1.29 is 0 Å². The molecule has 0 amide bonds. The number of nitrogens with zero attached hydrogens (tertiary/aromatic N) is 1. The number of allylic oxidation sites excluding steroid dienone is 2. The smallest absolute Gasteiger partial charge is 0.142 e. The molecule has 0 unspecified atom stereocenters. The summed E-state index contributed by atoms with van der Waals surface area (Å²) in [4.78, 5) is 4.18. The van der Waals surface area contributed by atoms with Gasteiger partial charge in [0.05, 0.1) is 5.70 Å². The van der Waals surface area contributed by atoms with E-state index in [1.165, 1.54) is 0 Å². The van der Waals surface area contributed by atoms with Crippen molar-refractivity contribution in [3.63, 3.8) is 0 Å². The van der Waals surface area contributed by atoms with Crippen molar-refractivity contribution in [3.8, 4) is 0 Å². The van der Waals surface area contributed by atoms with Crippen LogP contribution in [-0.2, 0) is 0 Å².